The summed E-state index contributed by atoms with van der Waals surface area (Å²) in [5, 5.41) is 0.753. The Bertz CT molecular complexity index is 494. The summed E-state index contributed by atoms with van der Waals surface area (Å²) >= 11 is 5.91. The summed E-state index contributed by atoms with van der Waals surface area (Å²) < 4.78 is 4.96. The molecule has 0 spiro atoms. The summed E-state index contributed by atoms with van der Waals surface area (Å²) in [5.74, 6) is -0.294. The van der Waals surface area contributed by atoms with Crippen molar-refractivity contribution in [2.45, 2.75) is 6.92 Å². The van der Waals surface area contributed by atoms with Gasteiger partial charge in [0.25, 0.3) is 0 Å². The van der Waals surface area contributed by atoms with E-state index in [4.69, 9.17) is 16.3 Å². The SMILES string of the molecule is C=C(CN1CCN(c2ccc(Cl)cc2)CC1)C(=O)OCC. The molecule has 5 heteroatoms. The lowest BCUT2D eigenvalue weighted by atomic mass is 10.2. The zero-order chi connectivity index (χ0) is 15.2. The van der Waals surface area contributed by atoms with Crippen LogP contribution in [-0.4, -0.2) is 50.2 Å². The maximum absolute atomic E-state index is 11.6. The van der Waals surface area contributed by atoms with E-state index in [0.717, 1.165) is 31.2 Å². The van der Waals surface area contributed by atoms with Gasteiger partial charge in [-0.1, -0.05) is 18.2 Å². The second-order valence-electron chi connectivity index (χ2n) is 5.06. The van der Waals surface area contributed by atoms with E-state index >= 15 is 0 Å². The van der Waals surface area contributed by atoms with Gasteiger partial charge in [0, 0.05) is 49.0 Å². The van der Waals surface area contributed by atoms with Crippen molar-refractivity contribution in [2.75, 3.05) is 44.2 Å². The number of ether oxygens (including phenoxy) is 1. The van der Waals surface area contributed by atoms with E-state index in [2.05, 4.69) is 16.4 Å². The minimum absolute atomic E-state index is 0.294. The molecular weight excluding hydrogens is 288 g/mol. The highest BCUT2D eigenvalue weighted by Gasteiger charge is 2.19. The van der Waals surface area contributed by atoms with E-state index in [-0.39, 0.29) is 5.97 Å². The molecule has 0 aliphatic carbocycles. The normalized spacial score (nSPS) is 15.8. The summed E-state index contributed by atoms with van der Waals surface area (Å²) in [5.41, 5.74) is 1.71. The highest BCUT2D eigenvalue weighted by molar-refractivity contribution is 6.30. The summed E-state index contributed by atoms with van der Waals surface area (Å²) in [4.78, 5) is 16.1. The van der Waals surface area contributed by atoms with Gasteiger partial charge in [0.2, 0.25) is 0 Å². The number of benzene rings is 1. The molecule has 0 atom stereocenters. The van der Waals surface area contributed by atoms with Crippen molar-refractivity contribution in [1.29, 1.82) is 0 Å². The van der Waals surface area contributed by atoms with Crippen LogP contribution in [0.25, 0.3) is 0 Å². The van der Waals surface area contributed by atoms with Crippen LogP contribution in [0.5, 0.6) is 0 Å². The Balaban J connectivity index is 1.82. The number of carbonyl (C=O) groups is 1. The molecule has 1 fully saturated rings. The number of anilines is 1. The lowest BCUT2D eigenvalue weighted by Gasteiger charge is -2.36. The predicted octanol–water partition coefficient (Wildman–Crippen LogP) is 2.58. The van der Waals surface area contributed by atoms with Crippen molar-refractivity contribution >= 4 is 23.3 Å². The smallest absolute Gasteiger partial charge is 0.334 e. The van der Waals surface area contributed by atoms with Gasteiger partial charge in [-0.05, 0) is 31.2 Å². The van der Waals surface area contributed by atoms with Crippen LogP contribution in [0.1, 0.15) is 6.92 Å². The Morgan fingerprint density at radius 2 is 1.86 bits per heavy atom. The molecule has 1 aliphatic rings. The average molecular weight is 309 g/mol. The molecule has 1 aromatic carbocycles. The first-order chi connectivity index (χ1) is 10.1. The van der Waals surface area contributed by atoms with Crippen LogP contribution in [0, 0.1) is 0 Å². The molecule has 0 aromatic heterocycles. The second kappa shape index (κ2) is 7.48. The van der Waals surface area contributed by atoms with Crippen molar-refractivity contribution in [3.63, 3.8) is 0 Å². The van der Waals surface area contributed by atoms with E-state index in [0.29, 0.717) is 18.7 Å². The van der Waals surface area contributed by atoms with Gasteiger partial charge in [-0.2, -0.15) is 0 Å². The van der Waals surface area contributed by atoms with Crippen LogP contribution >= 0.6 is 11.6 Å². The molecule has 0 unspecified atom stereocenters. The Hall–Kier alpha value is -1.52. The van der Waals surface area contributed by atoms with Gasteiger partial charge in [-0.3, -0.25) is 4.90 Å². The summed E-state index contributed by atoms with van der Waals surface area (Å²) in [6.07, 6.45) is 0. The van der Waals surface area contributed by atoms with Crippen molar-refractivity contribution < 1.29 is 9.53 Å². The Kier molecular flexibility index (Phi) is 5.65. The molecule has 1 heterocycles. The maximum atomic E-state index is 11.6. The average Bonchev–Trinajstić information content (AvgIpc) is 2.49. The molecule has 4 nitrogen and oxygen atoms in total. The molecule has 0 saturated carbocycles. The number of hydrogen-bond donors (Lipinski definition) is 0. The van der Waals surface area contributed by atoms with Crippen molar-refractivity contribution in [3.8, 4) is 0 Å². The van der Waals surface area contributed by atoms with Crippen LogP contribution in [0.2, 0.25) is 5.02 Å². The van der Waals surface area contributed by atoms with Crippen LogP contribution in [0.3, 0.4) is 0 Å². The van der Waals surface area contributed by atoms with Crippen molar-refractivity contribution in [2.24, 2.45) is 0 Å². The highest BCUT2D eigenvalue weighted by Crippen LogP contribution is 2.19. The Morgan fingerprint density at radius 3 is 2.43 bits per heavy atom. The maximum Gasteiger partial charge on any atom is 0.334 e. The van der Waals surface area contributed by atoms with Gasteiger partial charge >= 0.3 is 5.97 Å². The van der Waals surface area contributed by atoms with Gasteiger partial charge in [0.1, 0.15) is 0 Å². The molecule has 114 valence electrons. The quantitative estimate of drug-likeness (QED) is 0.618. The molecular formula is C16H21ClN2O2. The Labute approximate surface area is 130 Å². The van der Waals surface area contributed by atoms with E-state index in [1.165, 1.54) is 5.69 Å². The van der Waals surface area contributed by atoms with Gasteiger partial charge in [0.15, 0.2) is 0 Å². The van der Waals surface area contributed by atoms with E-state index in [1.807, 2.05) is 24.3 Å². The lowest BCUT2D eigenvalue weighted by molar-refractivity contribution is -0.138. The zero-order valence-corrected chi connectivity index (χ0v) is 13.1. The molecule has 0 radical (unpaired) electrons. The minimum Gasteiger partial charge on any atom is -0.463 e. The van der Waals surface area contributed by atoms with Gasteiger partial charge in [-0.15, -0.1) is 0 Å². The van der Waals surface area contributed by atoms with Crippen LogP contribution in [0.15, 0.2) is 36.4 Å². The summed E-state index contributed by atoms with van der Waals surface area (Å²) in [6.45, 7) is 10.2. The van der Waals surface area contributed by atoms with E-state index in [1.54, 1.807) is 6.92 Å². The standard InChI is InChI=1S/C16H21ClN2O2/c1-3-21-16(20)13(2)12-18-8-10-19(11-9-18)15-6-4-14(17)5-7-15/h4-7H,2-3,8-12H2,1H3. The predicted molar refractivity (Wildman–Crippen MR) is 85.9 cm³/mol. The third-order valence-electron chi connectivity index (χ3n) is 3.54. The summed E-state index contributed by atoms with van der Waals surface area (Å²) in [7, 11) is 0. The van der Waals surface area contributed by atoms with Gasteiger partial charge in [0.05, 0.1) is 6.61 Å². The summed E-state index contributed by atoms with van der Waals surface area (Å²) in [6, 6.07) is 7.89. The van der Waals surface area contributed by atoms with Crippen molar-refractivity contribution in [1.82, 2.24) is 4.90 Å². The molecule has 2 rings (SSSR count). The fraction of sp³-hybridized carbons (Fsp3) is 0.438. The number of hydrogen-bond acceptors (Lipinski definition) is 4. The highest BCUT2D eigenvalue weighted by atomic mass is 35.5. The first kappa shape index (κ1) is 15.9. The lowest BCUT2D eigenvalue weighted by Crippen LogP contribution is -2.47. The molecule has 0 amide bonds. The number of carbonyl (C=O) groups excluding carboxylic acids is 1. The fourth-order valence-corrected chi connectivity index (χ4v) is 2.51. The first-order valence-corrected chi connectivity index (χ1v) is 7.55. The number of nitrogens with zero attached hydrogens (tertiary/aromatic N) is 2. The molecule has 1 saturated heterocycles. The number of esters is 1. The van der Waals surface area contributed by atoms with Gasteiger partial charge < -0.3 is 9.64 Å². The van der Waals surface area contributed by atoms with E-state index in [9.17, 15) is 4.79 Å². The molecule has 0 bridgehead atoms. The zero-order valence-electron chi connectivity index (χ0n) is 12.3. The third-order valence-corrected chi connectivity index (χ3v) is 3.79. The number of piperazine rings is 1. The van der Waals surface area contributed by atoms with E-state index < -0.39 is 0 Å². The molecule has 0 N–H and O–H groups in total. The van der Waals surface area contributed by atoms with Gasteiger partial charge in [-0.25, -0.2) is 4.79 Å². The van der Waals surface area contributed by atoms with Crippen LogP contribution in [0.4, 0.5) is 5.69 Å². The second-order valence-corrected chi connectivity index (χ2v) is 5.50. The molecule has 1 aromatic rings. The first-order valence-electron chi connectivity index (χ1n) is 7.18. The minimum atomic E-state index is -0.294. The number of rotatable bonds is 5. The Morgan fingerprint density at radius 1 is 1.24 bits per heavy atom. The third kappa shape index (κ3) is 4.48. The fourth-order valence-electron chi connectivity index (χ4n) is 2.38. The van der Waals surface area contributed by atoms with Crippen LogP contribution in [-0.2, 0) is 9.53 Å². The van der Waals surface area contributed by atoms with Crippen LogP contribution < -0.4 is 4.90 Å². The topological polar surface area (TPSA) is 32.8 Å². The number of halogens is 1. The van der Waals surface area contributed by atoms with Crippen molar-refractivity contribution in [3.05, 3.63) is 41.4 Å². The molecule has 1 aliphatic heterocycles. The largest absolute Gasteiger partial charge is 0.463 e. The molecule has 21 heavy (non-hydrogen) atoms. The monoisotopic (exact) mass is 308 g/mol.